The molecule has 2 atom stereocenters. The first-order valence-electron chi connectivity index (χ1n) is 8.15. The van der Waals surface area contributed by atoms with E-state index in [1.54, 1.807) is 0 Å². The lowest BCUT2D eigenvalue weighted by Gasteiger charge is -2.35. The van der Waals surface area contributed by atoms with Crippen molar-refractivity contribution in [3.05, 3.63) is 0 Å². The largest absolute Gasteiger partial charge is 0.481 e. The summed E-state index contributed by atoms with van der Waals surface area (Å²) in [6.07, 6.45) is 7.25. The fourth-order valence-electron chi connectivity index (χ4n) is 3.37. The third-order valence-electron chi connectivity index (χ3n) is 4.51. The van der Waals surface area contributed by atoms with Crippen molar-refractivity contribution < 1.29 is 14.7 Å². The number of rotatable bonds is 7. The molecule has 2 aliphatic heterocycles. The molecular weight excluding hydrogens is 270 g/mol. The topological polar surface area (TPSA) is 81.7 Å². The van der Waals surface area contributed by atoms with Crippen LogP contribution in [0.15, 0.2) is 0 Å². The van der Waals surface area contributed by atoms with Crippen molar-refractivity contribution >= 4 is 12.0 Å². The second-order valence-electron chi connectivity index (χ2n) is 6.16. The summed E-state index contributed by atoms with van der Waals surface area (Å²) in [4.78, 5) is 24.7. The summed E-state index contributed by atoms with van der Waals surface area (Å²) in [5, 5.41) is 14.5. The highest BCUT2D eigenvalue weighted by Gasteiger charge is 2.32. The van der Waals surface area contributed by atoms with Crippen molar-refractivity contribution in [1.82, 2.24) is 15.5 Å². The van der Waals surface area contributed by atoms with Crippen LogP contribution in [0.5, 0.6) is 0 Å². The Morgan fingerprint density at radius 3 is 2.81 bits per heavy atom. The minimum atomic E-state index is -0.751. The number of hydrogen-bond donors (Lipinski definition) is 3. The summed E-state index contributed by atoms with van der Waals surface area (Å²) >= 11 is 0. The number of piperidine rings is 1. The van der Waals surface area contributed by atoms with Gasteiger partial charge in [0.25, 0.3) is 0 Å². The molecule has 2 amide bonds. The molecule has 2 fully saturated rings. The van der Waals surface area contributed by atoms with Crippen molar-refractivity contribution in [2.24, 2.45) is 0 Å². The first-order valence-corrected chi connectivity index (χ1v) is 8.15. The monoisotopic (exact) mass is 297 g/mol. The van der Waals surface area contributed by atoms with Gasteiger partial charge in [-0.25, -0.2) is 4.79 Å². The summed E-state index contributed by atoms with van der Waals surface area (Å²) in [7, 11) is 0. The molecule has 0 aromatic rings. The van der Waals surface area contributed by atoms with Gasteiger partial charge in [0.15, 0.2) is 0 Å². The van der Waals surface area contributed by atoms with Crippen LogP contribution in [0.2, 0.25) is 0 Å². The number of urea groups is 1. The Morgan fingerprint density at radius 2 is 2.00 bits per heavy atom. The zero-order valence-corrected chi connectivity index (χ0v) is 12.6. The predicted octanol–water partition coefficient (Wildman–Crippen LogP) is 1.56. The maximum absolute atomic E-state index is 11.8. The molecule has 0 spiro atoms. The number of carbonyl (C=O) groups excluding carboxylic acids is 1. The van der Waals surface area contributed by atoms with Crippen LogP contribution in [0.4, 0.5) is 4.79 Å². The van der Waals surface area contributed by atoms with Crippen LogP contribution >= 0.6 is 0 Å². The van der Waals surface area contributed by atoms with Crippen molar-refractivity contribution in [3.63, 3.8) is 0 Å². The van der Waals surface area contributed by atoms with E-state index in [9.17, 15) is 9.59 Å². The molecule has 2 saturated heterocycles. The van der Waals surface area contributed by atoms with Gasteiger partial charge in [-0.2, -0.15) is 0 Å². The van der Waals surface area contributed by atoms with E-state index < -0.39 is 5.97 Å². The van der Waals surface area contributed by atoms with E-state index in [-0.39, 0.29) is 12.5 Å². The number of carboxylic acid groups (broad SMARTS) is 1. The van der Waals surface area contributed by atoms with Crippen LogP contribution in [-0.4, -0.2) is 53.7 Å². The summed E-state index contributed by atoms with van der Waals surface area (Å²) in [6.45, 7) is 2.94. The molecule has 0 saturated carbocycles. The third kappa shape index (κ3) is 5.53. The normalized spacial score (nSPS) is 25.3. The number of amides is 2. The summed E-state index contributed by atoms with van der Waals surface area (Å²) in [5.41, 5.74) is 0. The number of unbranched alkanes of at least 4 members (excludes halogenated alkanes) is 2. The van der Waals surface area contributed by atoms with Gasteiger partial charge >= 0.3 is 12.0 Å². The maximum Gasteiger partial charge on any atom is 0.315 e. The Kier molecular flexibility index (Phi) is 6.29. The molecule has 3 N–H and O–H groups in total. The van der Waals surface area contributed by atoms with E-state index in [0.29, 0.717) is 25.0 Å². The fraction of sp³-hybridized carbons (Fsp3) is 0.867. The Labute approximate surface area is 126 Å². The average molecular weight is 297 g/mol. The van der Waals surface area contributed by atoms with E-state index in [2.05, 4.69) is 15.5 Å². The molecule has 2 heterocycles. The Balaban J connectivity index is 1.52. The zero-order chi connectivity index (χ0) is 15.1. The van der Waals surface area contributed by atoms with Crippen LogP contribution in [-0.2, 0) is 4.79 Å². The minimum absolute atomic E-state index is 0.0790. The molecule has 2 rings (SSSR count). The predicted molar refractivity (Wildman–Crippen MR) is 80.3 cm³/mol. The van der Waals surface area contributed by atoms with E-state index in [0.717, 1.165) is 32.2 Å². The lowest BCUT2D eigenvalue weighted by Crippen LogP contribution is -2.50. The number of hydrogen-bond acceptors (Lipinski definition) is 3. The molecule has 2 aliphatic rings. The molecule has 0 aromatic carbocycles. The summed E-state index contributed by atoms with van der Waals surface area (Å²) in [6, 6.07) is 0.890. The highest BCUT2D eigenvalue weighted by molar-refractivity contribution is 5.74. The van der Waals surface area contributed by atoms with Crippen molar-refractivity contribution in [3.8, 4) is 0 Å². The number of nitrogens with one attached hydrogen (secondary N) is 2. The van der Waals surface area contributed by atoms with Gasteiger partial charge in [-0.3, -0.25) is 4.79 Å². The van der Waals surface area contributed by atoms with Crippen molar-refractivity contribution in [2.45, 2.75) is 63.5 Å². The quantitative estimate of drug-likeness (QED) is 0.623. The molecule has 0 bridgehead atoms. The lowest BCUT2D eigenvalue weighted by molar-refractivity contribution is -0.137. The first-order chi connectivity index (χ1) is 10.1. The molecule has 6 nitrogen and oxygen atoms in total. The average Bonchev–Trinajstić information content (AvgIpc) is 2.89. The Morgan fingerprint density at radius 1 is 1.14 bits per heavy atom. The summed E-state index contributed by atoms with van der Waals surface area (Å²) < 4.78 is 0. The molecule has 2 unspecified atom stereocenters. The van der Waals surface area contributed by atoms with E-state index in [1.807, 2.05) is 0 Å². The van der Waals surface area contributed by atoms with Crippen molar-refractivity contribution in [2.75, 3.05) is 19.6 Å². The van der Waals surface area contributed by atoms with Gasteiger partial charge in [0.2, 0.25) is 0 Å². The van der Waals surface area contributed by atoms with E-state index in [1.165, 1.54) is 19.4 Å². The fourth-order valence-corrected chi connectivity index (χ4v) is 3.37. The zero-order valence-electron chi connectivity index (χ0n) is 12.6. The van der Waals surface area contributed by atoms with Gasteiger partial charge in [-0.15, -0.1) is 0 Å². The lowest BCUT2D eigenvalue weighted by atomic mass is 9.98. The number of carboxylic acids is 1. The van der Waals surface area contributed by atoms with Crippen LogP contribution in [0.25, 0.3) is 0 Å². The summed E-state index contributed by atoms with van der Waals surface area (Å²) in [5.74, 6) is -0.751. The second-order valence-corrected chi connectivity index (χ2v) is 6.16. The van der Waals surface area contributed by atoms with Crippen LogP contribution in [0.3, 0.4) is 0 Å². The maximum atomic E-state index is 11.8. The molecule has 6 heteroatoms. The van der Waals surface area contributed by atoms with E-state index >= 15 is 0 Å². The van der Waals surface area contributed by atoms with Crippen LogP contribution < -0.4 is 10.6 Å². The number of aliphatic carboxylic acids is 1. The number of nitrogens with zero attached hydrogens (tertiary/aromatic N) is 1. The van der Waals surface area contributed by atoms with Crippen LogP contribution in [0.1, 0.15) is 51.4 Å². The van der Waals surface area contributed by atoms with Gasteiger partial charge in [-0.1, -0.05) is 6.42 Å². The van der Waals surface area contributed by atoms with Gasteiger partial charge in [0, 0.05) is 31.6 Å². The Hall–Kier alpha value is -1.30. The van der Waals surface area contributed by atoms with Crippen LogP contribution in [0, 0.1) is 0 Å². The molecule has 21 heavy (non-hydrogen) atoms. The molecule has 120 valence electrons. The van der Waals surface area contributed by atoms with Gasteiger partial charge in [0.1, 0.15) is 0 Å². The smallest absolute Gasteiger partial charge is 0.315 e. The van der Waals surface area contributed by atoms with E-state index in [4.69, 9.17) is 5.11 Å². The highest BCUT2D eigenvalue weighted by Crippen LogP contribution is 2.26. The SMILES string of the molecule is O=C(O)CCCCCNC(=O)NC1CCN2CCCC2C1. The minimum Gasteiger partial charge on any atom is -0.481 e. The van der Waals surface area contributed by atoms with Crippen molar-refractivity contribution in [1.29, 1.82) is 0 Å². The molecule has 0 radical (unpaired) electrons. The van der Waals surface area contributed by atoms with Gasteiger partial charge in [-0.05, 0) is 45.1 Å². The molecule has 0 aromatic heterocycles. The first kappa shape index (κ1) is 16.1. The number of carbonyl (C=O) groups is 2. The standard InChI is InChI=1S/C15H27N3O3/c19-14(20)6-2-1-3-8-16-15(21)17-12-7-10-18-9-4-5-13(18)11-12/h12-13H,1-11H2,(H,19,20)(H2,16,17,21). The molecule has 0 aliphatic carbocycles. The Bertz CT molecular complexity index is 362. The highest BCUT2D eigenvalue weighted by atomic mass is 16.4. The third-order valence-corrected chi connectivity index (χ3v) is 4.51. The number of fused-ring (bicyclic) bond motifs is 1. The molecular formula is C15H27N3O3. The van der Waals surface area contributed by atoms with Gasteiger partial charge < -0.3 is 20.6 Å². The second kappa shape index (κ2) is 8.22. The van der Waals surface area contributed by atoms with Gasteiger partial charge in [0.05, 0.1) is 0 Å².